The first kappa shape index (κ1) is 21.8. The van der Waals surface area contributed by atoms with Crippen molar-refractivity contribution in [2.75, 3.05) is 26.7 Å². The van der Waals surface area contributed by atoms with Gasteiger partial charge in [-0.1, -0.05) is 35.9 Å². The number of quaternary nitrogens is 1. The van der Waals surface area contributed by atoms with Gasteiger partial charge in [0.15, 0.2) is 11.5 Å². The summed E-state index contributed by atoms with van der Waals surface area (Å²) >= 11 is 5.95. The zero-order chi connectivity index (χ0) is 18.2. The molecule has 0 saturated carbocycles. The van der Waals surface area contributed by atoms with Crippen LogP contribution in [0.15, 0.2) is 42.5 Å². The van der Waals surface area contributed by atoms with Crippen LogP contribution >= 0.6 is 11.6 Å². The summed E-state index contributed by atoms with van der Waals surface area (Å²) in [6.07, 6.45) is 2.59. The zero-order valence-electron chi connectivity index (χ0n) is 15.7. The Balaban J connectivity index is 0.00000261. The number of hydrogen-bond acceptors (Lipinski definition) is 3. The molecule has 0 spiro atoms. The molecule has 3 rings (SSSR count). The fourth-order valence-electron chi connectivity index (χ4n) is 3.37. The van der Waals surface area contributed by atoms with Gasteiger partial charge < -0.3 is 32.5 Å². The lowest BCUT2D eigenvalue weighted by atomic mass is 9.98. The minimum atomic E-state index is 0. The van der Waals surface area contributed by atoms with Crippen LogP contribution in [0.1, 0.15) is 24.0 Å². The molecule has 0 amide bonds. The molecule has 1 fully saturated rings. The summed E-state index contributed by atoms with van der Waals surface area (Å²) < 4.78 is 11.6. The fraction of sp³-hybridized carbons (Fsp3) is 0.429. The van der Waals surface area contributed by atoms with Gasteiger partial charge in [-0.3, -0.25) is 0 Å². The highest BCUT2D eigenvalue weighted by molar-refractivity contribution is 6.30. The summed E-state index contributed by atoms with van der Waals surface area (Å²) in [5, 5.41) is 6.74. The first-order chi connectivity index (χ1) is 12.8. The molecule has 148 valence electrons. The smallest absolute Gasteiger partial charge is 0.166 e. The van der Waals surface area contributed by atoms with E-state index >= 15 is 0 Å². The lowest BCUT2D eigenvalue weighted by molar-refractivity contribution is -0.664. The van der Waals surface area contributed by atoms with E-state index in [-0.39, 0.29) is 12.4 Å². The summed E-state index contributed by atoms with van der Waals surface area (Å²) in [4.78, 5) is 0. The highest BCUT2D eigenvalue weighted by atomic mass is 35.5. The van der Waals surface area contributed by atoms with Crippen LogP contribution < -0.4 is 32.5 Å². The Labute approximate surface area is 173 Å². The Bertz CT molecular complexity index is 689. The molecule has 0 aliphatic carbocycles. The van der Waals surface area contributed by atoms with Gasteiger partial charge in [-0.25, -0.2) is 0 Å². The van der Waals surface area contributed by atoms with Crippen molar-refractivity contribution >= 4 is 11.6 Å². The number of nitrogens with one attached hydrogen (secondary N) is 1. The van der Waals surface area contributed by atoms with Crippen LogP contribution in [-0.4, -0.2) is 26.7 Å². The molecular weight excluding hydrogens is 383 g/mol. The van der Waals surface area contributed by atoms with E-state index in [0.29, 0.717) is 6.61 Å². The molecule has 27 heavy (non-hydrogen) atoms. The van der Waals surface area contributed by atoms with Crippen LogP contribution in [0.2, 0.25) is 5.02 Å². The maximum atomic E-state index is 6.11. The minimum Gasteiger partial charge on any atom is -1.00 e. The van der Waals surface area contributed by atoms with Gasteiger partial charge in [0.05, 0.1) is 20.2 Å². The van der Waals surface area contributed by atoms with Gasteiger partial charge in [0.25, 0.3) is 0 Å². The van der Waals surface area contributed by atoms with Gasteiger partial charge in [-0.15, -0.1) is 0 Å². The second-order valence-corrected chi connectivity index (χ2v) is 7.24. The topological polar surface area (TPSA) is 47.1 Å². The number of benzene rings is 2. The highest BCUT2D eigenvalue weighted by Gasteiger charge is 2.16. The number of methoxy groups -OCH3 is 1. The first-order valence-electron chi connectivity index (χ1n) is 9.31. The number of nitrogens with two attached hydrogens (primary N) is 1. The van der Waals surface area contributed by atoms with Gasteiger partial charge in [0.1, 0.15) is 6.61 Å². The molecule has 0 atom stereocenters. The molecule has 0 unspecified atom stereocenters. The standard InChI is InChI=1S/C21H27ClN2O2.ClH/c1-25-20-4-2-3-18(14-24-13-16-9-11-23-12-10-16)21(20)26-15-17-5-7-19(22)8-6-17;/h2-8,16,23-24H,9-15H2,1H3;1H. The molecule has 6 heteroatoms. The van der Waals surface area contributed by atoms with Crippen LogP contribution in [0.5, 0.6) is 11.5 Å². The third kappa shape index (κ3) is 6.58. The predicted octanol–water partition coefficient (Wildman–Crippen LogP) is -0.00540. The summed E-state index contributed by atoms with van der Waals surface area (Å²) in [5.41, 5.74) is 2.21. The number of ether oxygens (including phenoxy) is 2. The van der Waals surface area contributed by atoms with Gasteiger partial charge in [0.2, 0.25) is 0 Å². The molecule has 2 aromatic carbocycles. The van der Waals surface area contributed by atoms with Gasteiger partial charge in [0, 0.05) is 30.0 Å². The molecule has 0 radical (unpaired) electrons. The van der Waals surface area contributed by atoms with E-state index in [1.807, 2.05) is 36.4 Å². The third-order valence-electron chi connectivity index (χ3n) is 4.88. The molecule has 1 aliphatic heterocycles. The Morgan fingerprint density at radius 3 is 2.56 bits per heavy atom. The molecule has 4 nitrogen and oxygen atoms in total. The molecule has 1 heterocycles. The van der Waals surface area contributed by atoms with Gasteiger partial charge in [-0.05, 0) is 36.2 Å². The number of hydrogen-bond donors (Lipinski definition) is 2. The van der Waals surface area contributed by atoms with Crippen molar-refractivity contribution in [3.05, 3.63) is 58.6 Å². The maximum absolute atomic E-state index is 6.11. The predicted molar refractivity (Wildman–Crippen MR) is 105 cm³/mol. The Kier molecular flexibility index (Phi) is 9.22. The van der Waals surface area contributed by atoms with E-state index in [2.05, 4.69) is 16.7 Å². The van der Waals surface area contributed by atoms with Crippen LogP contribution in [0, 0.1) is 5.92 Å². The monoisotopic (exact) mass is 410 g/mol. The SMILES string of the molecule is COc1cccc(CNCC2CC[NH2+]CC2)c1OCc1ccc(Cl)cc1.[Cl-]. The number of piperidine rings is 1. The van der Waals surface area contributed by atoms with E-state index in [4.69, 9.17) is 21.1 Å². The van der Waals surface area contributed by atoms with Gasteiger partial charge in [-0.2, -0.15) is 0 Å². The fourth-order valence-corrected chi connectivity index (χ4v) is 3.50. The summed E-state index contributed by atoms with van der Waals surface area (Å²) in [6.45, 7) is 4.83. The average Bonchev–Trinajstić information content (AvgIpc) is 2.69. The third-order valence-corrected chi connectivity index (χ3v) is 5.14. The van der Waals surface area contributed by atoms with E-state index in [1.165, 1.54) is 25.9 Å². The van der Waals surface area contributed by atoms with Crippen LogP contribution in [0.25, 0.3) is 0 Å². The largest absolute Gasteiger partial charge is 1.00 e. The van der Waals surface area contributed by atoms with E-state index < -0.39 is 0 Å². The number of halogens is 2. The molecule has 0 bridgehead atoms. The van der Waals surface area contributed by atoms with Crippen molar-refractivity contribution in [3.63, 3.8) is 0 Å². The van der Waals surface area contributed by atoms with Crippen LogP contribution in [0.4, 0.5) is 0 Å². The zero-order valence-corrected chi connectivity index (χ0v) is 17.2. The van der Waals surface area contributed by atoms with Crippen molar-refractivity contribution in [2.24, 2.45) is 5.92 Å². The number of para-hydroxylation sites is 1. The second kappa shape index (κ2) is 11.4. The number of rotatable bonds is 8. The molecule has 0 aromatic heterocycles. The van der Waals surface area contributed by atoms with Crippen molar-refractivity contribution < 1.29 is 27.2 Å². The second-order valence-electron chi connectivity index (χ2n) is 6.80. The van der Waals surface area contributed by atoms with Crippen LogP contribution in [-0.2, 0) is 13.2 Å². The van der Waals surface area contributed by atoms with Crippen molar-refractivity contribution in [1.29, 1.82) is 0 Å². The van der Waals surface area contributed by atoms with E-state index in [9.17, 15) is 0 Å². The van der Waals surface area contributed by atoms with Crippen molar-refractivity contribution in [3.8, 4) is 11.5 Å². The van der Waals surface area contributed by atoms with Crippen molar-refractivity contribution in [1.82, 2.24) is 5.32 Å². The average molecular weight is 411 g/mol. The lowest BCUT2D eigenvalue weighted by Gasteiger charge is -2.21. The molecule has 3 N–H and O–H groups in total. The quantitative estimate of drug-likeness (QED) is 0.643. The van der Waals surface area contributed by atoms with Crippen LogP contribution in [0.3, 0.4) is 0 Å². The molecule has 2 aromatic rings. The molecule has 1 aliphatic rings. The molecule has 1 saturated heterocycles. The Morgan fingerprint density at radius 2 is 1.85 bits per heavy atom. The Hall–Kier alpha value is -1.46. The molecular formula is C21H28Cl2N2O2. The summed E-state index contributed by atoms with van der Waals surface area (Å²) in [6, 6.07) is 13.8. The van der Waals surface area contributed by atoms with E-state index in [0.717, 1.165) is 46.7 Å². The minimum absolute atomic E-state index is 0. The Morgan fingerprint density at radius 1 is 1.11 bits per heavy atom. The summed E-state index contributed by atoms with van der Waals surface area (Å²) in [5.74, 6) is 2.36. The van der Waals surface area contributed by atoms with Crippen molar-refractivity contribution in [2.45, 2.75) is 26.0 Å². The van der Waals surface area contributed by atoms with E-state index in [1.54, 1.807) is 7.11 Å². The van der Waals surface area contributed by atoms with Gasteiger partial charge >= 0.3 is 0 Å². The normalized spacial score (nSPS) is 14.4. The first-order valence-corrected chi connectivity index (χ1v) is 9.69. The maximum Gasteiger partial charge on any atom is 0.166 e. The highest BCUT2D eigenvalue weighted by Crippen LogP contribution is 2.32. The summed E-state index contributed by atoms with van der Waals surface area (Å²) in [7, 11) is 1.68. The lowest BCUT2D eigenvalue weighted by Crippen LogP contribution is -3.00.